The number of nitrogens with zero attached hydrogens (tertiary/aromatic N) is 4. The van der Waals surface area contributed by atoms with Gasteiger partial charge in [0.2, 0.25) is 0 Å². The van der Waals surface area contributed by atoms with Crippen LogP contribution in [0.3, 0.4) is 0 Å². The van der Waals surface area contributed by atoms with Gasteiger partial charge in [-0.25, -0.2) is 0 Å². The highest BCUT2D eigenvalue weighted by atomic mass is 16.2. The summed E-state index contributed by atoms with van der Waals surface area (Å²) in [5.41, 5.74) is 1.87. The minimum Gasteiger partial charge on any atom is -0.370 e. The molecule has 2 aromatic heterocycles. The molecule has 0 bridgehead atoms. The van der Waals surface area contributed by atoms with Crippen LogP contribution in [-0.2, 0) is 0 Å². The Bertz CT molecular complexity index is 676. The van der Waals surface area contributed by atoms with Crippen LogP contribution in [-0.4, -0.2) is 47.0 Å². The summed E-state index contributed by atoms with van der Waals surface area (Å²) in [6.45, 7) is 3.77. The van der Waals surface area contributed by atoms with Crippen LogP contribution < -0.4 is 4.90 Å². The molecule has 4 rings (SSSR count). The number of hydrogen-bond donors (Lipinski definition) is 0. The Kier molecular flexibility index (Phi) is 3.69. The van der Waals surface area contributed by atoms with Crippen molar-refractivity contribution in [3.63, 3.8) is 0 Å². The molecular formula is C18H20N4O. The molecule has 4 heterocycles. The summed E-state index contributed by atoms with van der Waals surface area (Å²) < 4.78 is 0. The quantitative estimate of drug-likeness (QED) is 0.852. The Hall–Kier alpha value is -2.43. The molecule has 2 saturated heterocycles. The van der Waals surface area contributed by atoms with E-state index in [2.05, 4.69) is 20.9 Å². The first kappa shape index (κ1) is 14.2. The van der Waals surface area contributed by atoms with E-state index in [0.29, 0.717) is 17.4 Å². The van der Waals surface area contributed by atoms with Crippen molar-refractivity contribution < 1.29 is 4.79 Å². The Morgan fingerprint density at radius 2 is 1.78 bits per heavy atom. The van der Waals surface area contributed by atoms with E-state index in [0.717, 1.165) is 32.6 Å². The number of hydrogen-bond acceptors (Lipinski definition) is 4. The molecule has 2 fully saturated rings. The summed E-state index contributed by atoms with van der Waals surface area (Å²) in [6, 6.07) is 7.76. The molecule has 2 atom stereocenters. The average molecular weight is 308 g/mol. The smallest absolute Gasteiger partial charge is 0.255 e. The minimum absolute atomic E-state index is 0.112. The van der Waals surface area contributed by atoms with Crippen molar-refractivity contribution in [2.45, 2.75) is 6.42 Å². The molecule has 118 valence electrons. The van der Waals surface area contributed by atoms with E-state index >= 15 is 0 Å². The Balaban J connectivity index is 1.45. The van der Waals surface area contributed by atoms with Gasteiger partial charge in [-0.3, -0.25) is 14.8 Å². The van der Waals surface area contributed by atoms with E-state index in [-0.39, 0.29) is 5.91 Å². The third kappa shape index (κ3) is 2.79. The Morgan fingerprint density at radius 3 is 2.52 bits per heavy atom. The first-order valence-corrected chi connectivity index (χ1v) is 8.15. The van der Waals surface area contributed by atoms with Crippen molar-refractivity contribution in [1.82, 2.24) is 14.9 Å². The fourth-order valence-electron chi connectivity index (χ4n) is 3.78. The molecule has 0 saturated carbocycles. The van der Waals surface area contributed by atoms with Crippen LogP contribution in [0.4, 0.5) is 5.69 Å². The third-order valence-corrected chi connectivity index (χ3v) is 5.01. The van der Waals surface area contributed by atoms with Gasteiger partial charge in [-0.05, 0) is 42.5 Å². The average Bonchev–Trinajstić information content (AvgIpc) is 3.06. The highest BCUT2D eigenvalue weighted by Crippen LogP contribution is 2.33. The van der Waals surface area contributed by atoms with Crippen LogP contribution >= 0.6 is 0 Å². The number of rotatable bonds is 2. The van der Waals surface area contributed by atoms with E-state index < -0.39 is 0 Å². The van der Waals surface area contributed by atoms with E-state index in [4.69, 9.17) is 0 Å². The molecule has 23 heavy (non-hydrogen) atoms. The summed E-state index contributed by atoms with van der Waals surface area (Å²) in [7, 11) is 0. The molecule has 0 aromatic carbocycles. The lowest BCUT2D eigenvalue weighted by Gasteiger charge is -2.35. The van der Waals surface area contributed by atoms with Crippen molar-refractivity contribution >= 4 is 11.6 Å². The predicted molar refractivity (Wildman–Crippen MR) is 88.2 cm³/mol. The summed E-state index contributed by atoms with van der Waals surface area (Å²) >= 11 is 0. The van der Waals surface area contributed by atoms with Gasteiger partial charge in [0.15, 0.2) is 0 Å². The highest BCUT2D eigenvalue weighted by Gasteiger charge is 2.39. The number of fused-ring (bicyclic) bond motifs is 1. The standard InChI is InChI=1S/C18H20N4O/c23-18(14-3-1-6-19-9-14)22-11-15-5-8-21(12-16(15)13-22)17-4-2-7-20-10-17/h1-4,6-7,9-10,15-16H,5,8,11-13H2/t15-,16+/m1/s1. The van der Waals surface area contributed by atoms with E-state index in [1.165, 1.54) is 5.69 Å². The van der Waals surface area contributed by atoms with E-state index in [1.54, 1.807) is 18.6 Å². The van der Waals surface area contributed by atoms with Crippen molar-refractivity contribution in [2.24, 2.45) is 11.8 Å². The first-order valence-electron chi connectivity index (χ1n) is 8.15. The van der Waals surface area contributed by atoms with Crippen LogP contribution in [0.2, 0.25) is 0 Å². The maximum Gasteiger partial charge on any atom is 0.255 e. The van der Waals surface area contributed by atoms with Gasteiger partial charge >= 0.3 is 0 Å². The van der Waals surface area contributed by atoms with Crippen LogP contribution in [0.5, 0.6) is 0 Å². The van der Waals surface area contributed by atoms with Gasteiger partial charge in [0.25, 0.3) is 5.91 Å². The summed E-state index contributed by atoms with van der Waals surface area (Å²) in [6.07, 6.45) is 8.23. The van der Waals surface area contributed by atoms with Crippen molar-refractivity contribution in [2.75, 3.05) is 31.1 Å². The van der Waals surface area contributed by atoms with Gasteiger partial charge in [0, 0.05) is 44.8 Å². The molecule has 0 radical (unpaired) electrons. The van der Waals surface area contributed by atoms with Crippen LogP contribution in [0.15, 0.2) is 49.1 Å². The number of pyridine rings is 2. The number of amides is 1. The molecule has 5 nitrogen and oxygen atoms in total. The molecule has 2 aliphatic rings. The number of anilines is 1. The zero-order valence-electron chi connectivity index (χ0n) is 13.0. The first-order chi connectivity index (χ1) is 11.3. The van der Waals surface area contributed by atoms with Crippen LogP contribution in [0.25, 0.3) is 0 Å². The van der Waals surface area contributed by atoms with Crippen LogP contribution in [0, 0.1) is 11.8 Å². The normalized spacial score (nSPS) is 23.7. The number of carbonyl (C=O) groups is 1. The molecule has 0 aliphatic carbocycles. The molecule has 1 amide bonds. The summed E-state index contributed by atoms with van der Waals surface area (Å²) in [5, 5.41) is 0. The largest absolute Gasteiger partial charge is 0.370 e. The molecular weight excluding hydrogens is 288 g/mol. The Morgan fingerprint density at radius 1 is 1.00 bits per heavy atom. The van der Waals surface area contributed by atoms with Gasteiger partial charge in [-0.2, -0.15) is 0 Å². The molecule has 0 N–H and O–H groups in total. The van der Waals surface area contributed by atoms with Crippen LogP contribution in [0.1, 0.15) is 16.8 Å². The molecule has 2 aliphatic heterocycles. The SMILES string of the molecule is O=C(c1cccnc1)N1C[C@H]2CCN(c3cccnc3)C[C@H]2C1. The lowest BCUT2D eigenvalue weighted by Crippen LogP contribution is -2.40. The maximum atomic E-state index is 12.6. The second-order valence-electron chi connectivity index (χ2n) is 6.42. The highest BCUT2D eigenvalue weighted by molar-refractivity contribution is 5.94. The molecule has 0 spiro atoms. The topological polar surface area (TPSA) is 49.3 Å². The fraction of sp³-hybridized carbons (Fsp3) is 0.389. The summed E-state index contributed by atoms with van der Waals surface area (Å²) in [4.78, 5) is 25.3. The number of likely N-dealkylation sites (tertiary alicyclic amines) is 1. The van der Waals surface area contributed by atoms with Crippen molar-refractivity contribution in [3.05, 3.63) is 54.6 Å². The lowest BCUT2D eigenvalue weighted by molar-refractivity contribution is 0.0784. The van der Waals surface area contributed by atoms with Crippen molar-refractivity contribution in [1.29, 1.82) is 0 Å². The zero-order valence-corrected chi connectivity index (χ0v) is 13.0. The maximum absolute atomic E-state index is 12.6. The lowest BCUT2D eigenvalue weighted by atomic mass is 9.88. The van der Waals surface area contributed by atoms with Gasteiger partial charge < -0.3 is 9.80 Å². The van der Waals surface area contributed by atoms with Gasteiger partial charge in [-0.15, -0.1) is 0 Å². The van der Waals surface area contributed by atoms with E-state index in [1.807, 2.05) is 29.3 Å². The van der Waals surface area contributed by atoms with Gasteiger partial charge in [-0.1, -0.05) is 0 Å². The predicted octanol–water partition coefficient (Wildman–Crippen LogP) is 2.08. The Labute approximate surface area is 136 Å². The van der Waals surface area contributed by atoms with Gasteiger partial charge in [0.05, 0.1) is 17.4 Å². The molecule has 5 heteroatoms. The number of carbonyl (C=O) groups excluding carboxylic acids is 1. The fourth-order valence-corrected chi connectivity index (χ4v) is 3.78. The van der Waals surface area contributed by atoms with E-state index in [9.17, 15) is 4.79 Å². The number of aromatic nitrogens is 2. The number of piperidine rings is 1. The zero-order chi connectivity index (χ0) is 15.6. The third-order valence-electron chi connectivity index (χ3n) is 5.01. The molecule has 0 unspecified atom stereocenters. The monoisotopic (exact) mass is 308 g/mol. The second kappa shape index (κ2) is 5.99. The molecule has 2 aromatic rings. The minimum atomic E-state index is 0.112. The second-order valence-corrected chi connectivity index (χ2v) is 6.42. The van der Waals surface area contributed by atoms with Gasteiger partial charge in [0.1, 0.15) is 0 Å². The summed E-state index contributed by atoms with van der Waals surface area (Å²) in [5.74, 6) is 1.27. The van der Waals surface area contributed by atoms with Crippen molar-refractivity contribution in [3.8, 4) is 0 Å².